The normalized spacial score (nSPS) is 10.3. The van der Waals surface area contributed by atoms with E-state index in [0.717, 1.165) is 10.4 Å². The second kappa shape index (κ2) is 8.50. The van der Waals surface area contributed by atoms with Crippen LogP contribution in [0.4, 0.5) is 4.79 Å². The lowest BCUT2D eigenvalue weighted by Gasteiger charge is -2.06. The fraction of sp³-hybridized carbons (Fsp3) is 0.0625. The molecule has 1 heterocycles. The Morgan fingerprint density at radius 3 is 2.48 bits per heavy atom. The van der Waals surface area contributed by atoms with Crippen LogP contribution in [0.2, 0.25) is 0 Å². The first-order chi connectivity index (χ1) is 11.1. The van der Waals surface area contributed by atoms with E-state index in [1.165, 1.54) is 17.4 Å². The molecular formula is C16H15N3O3S. The number of urea groups is 1. The van der Waals surface area contributed by atoms with Crippen molar-refractivity contribution in [1.82, 2.24) is 16.2 Å². The van der Waals surface area contributed by atoms with Gasteiger partial charge in [0.15, 0.2) is 0 Å². The molecule has 0 saturated heterocycles. The van der Waals surface area contributed by atoms with Gasteiger partial charge in [0.2, 0.25) is 5.91 Å². The summed E-state index contributed by atoms with van der Waals surface area (Å²) < 4.78 is 0. The fourth-order valence-corrected chi connectivity index (χ4v) is 2.37. The first-order valence-electron chi connectivity index (χ1n) is 6.79. The van der Waals surface area contributed by atoms with Gasteiger partial charge in [-0.15, -0.1) is 11.3 Å². The minimum Gasteiger partial charge on any atom is -0.273 e. The summed E-state index contributed by atoms with van der Waals surface area (Å²) in [4.78, 5) is 35.5. The first kappa shape index (κ1) is 16.4. The van der Waals surface area contributed by atoms with Crippen LogP contribution in [0.1, 0.15) is 10.4 Å². The number of amides is 4. The van der Waals surface area contributed by atoms with Crippen molar-refractivity contribution in [3.05, 3.63) is 64.4 Å². The molecule has 0 saturated carbocycles. The third kappa shape index (κ3) is 6.15. The Morgan fingerprint density at radius 2 is 1.78 bits per heavy atom. The summed E-state index contributed by atoms with van der Waals surface area (Å²) in [5.41, 5.74) is 5.19. The summed E-state index contributed by atoms with van der Waals surface area (Å²) in [5, 5.41) is 3.94. The Kier molecular flexibility index (Phi) is 6.07. The maximum Gasteiger partial charge on any atom is 0.340 e. The molecule has 1 aromatic heterocycles. The third-order valence-electron chi connectivity index (χ3n) is 2.69. The van der Waals surface area contributed by atoms with Crippen LogP contribution in [0.15, 0.2) is 53.9 Å². The Balaban J connectivity index is 1.70. The van der Waals surface area contributed by atoms with Crippen molar-refractivity contribution in [2.24, 2.45) is 0 Å². The van der Waals surface area contributed by atoms with Gasteiger partial charge in [-0.25, -0.2) is 10.2 Å². The molecule has 2 rings (SSSR count). The van der Waals surface area contributed by atoms with Crippen LogP contribution in [-0.2, 0) is 16.0 Å². The van der Waals surface area contributed by atoms with Gasteiger partial charge in [-0.1, -0.05) is 36.4 Å². The number of hydrogen-bond acceptors (Lipinski definition) is 4. The van der Waals surface area contributed by atoms with Gasteiger partial charge in [0, 0.05) is 11.0 Å². The molecule has 0 radical (unpaired) electrons. The number of hydrazine groups is 1. The van der Waals surface area contributed by atoms with E-state index in [-0.39, 0.29) is 12.3 Å². The molecule has 0 aliphatic carbocycles. The number of benzene rings is 1. The minimum absolute atomic E-state index is 0.166. The van der Waals surface area contributed by atoms with Gasteiger partial charge >= 0.3 is 6.03 Å². The summed E-state index contributed by atoms with van der Waals surface area (Å²) in [6.45, 7) is 0. The maximum atomic E-state index is 11.6. The summed E-state index contributed by atoms with van der Waals surface area (Å²) in [6, 6.07) is 12.1. The third-order valence-corrected chi connectivity index (χ3v) is 3.57. The summed E-state index contributed by atoms with van der Waals surface area (Å²) >= 11 is 1.45. The Hall–Kier alpha value is -2.93. The van der Waals surface area contributed by atoms with Gasteiger partial charge in [-0.3, -0.25) is 20.3 Å². The molecule has 0 unspecified atom stereocenters. The van der Waals surface area contributed by atoms with E-state index in [1.54, 1.807) is 6.08 Å². The molecule has 0 aliphatic rings. The van der Waals surface area contributed by atoms with E-state index in [1.807, 2.05) is 47.8 Å². The molecule has 0 atom stereocenters. The number of rotatable bonds is 4. The molecule has 0 bridgehead atoms. The lowest BCUT2D eigenvalue weighted by Crippen LogP contribution is -2.48. The minimum atomic E-state index is -0.799. The number of thiophene rings is 1. The zero-order valence-electron chi connectivity index (χ0n) is 12.1. The Bertz CT molecular complexity index is 697. The monoisotopic (exact) mass is 329 g/mol. The predicted molar refractivity (Wildman–Crippen MR) is 88.3 cm³/mol. The molecule has 0 spiro atoms. The van der Waals surface area contributed by atoms with Crippen molar-refractivity contribution in [2.75, 3.05) is 0 Å². The molecule has 118 valence electrons. The van der Waals surface area contributed by atoms with Crippen LogP contribution in [0.5, 0.6) is 0 Å². The zero-order valence-corrected chi connectivity index (χ0v) is 12.9. The molecule has 6 nitrogen and oxygen atoms in total. The number of nitrogens with one attached hydrogen (secondary N) is 3. The highest BCUT2D eigenvalue weighted by molar-refractivity contribution is 7.10. The molecule has 3 N–H and O–H groups in total. The van der Waals surface area contributed by atoms with Crippen molar-refractivity contribution in [3.8, 4) is 0 Å². The second-order valence-corrected chi connectivity index (χ2v) is 5.52. The van der Waals surface area contributed by atoms with Gasteiger partial charge in [0.05, 0.1) is 6.42 Å². The maximum absolute atomic E-state index is 11.6. The topological polar surface area (TPSA) is 87.3 Å². The SMILES string of the molecule is O=C(/C=C/c1ccccc1)NC(=O)NNC(=O)Cc1cccs1. The number of imide groups is 1. The second-order valence-electron chi connectivity index (χ2n) is 4.49. The quantitative estimate of drug-likeness (QED) is 0.591. The van der Waals surface area contributed by atoms with Crippen LogP contribution in [0, 0.1) is 0 Å². The molecule has 2 aromatic rings. The molecule has 7 heteroatoms. The average molecular weight is 329 g/mol. The van der Waals surface area contributed by atoms with Crippen LogP contribution >= 0.6 is 11.3 Å². The highest BCUT2D eigenvalue weighted by Crippen LogP contribution is 2.08. The van der Waals surface area contributed by atoms with Crippen molar-refractivity contribution in [1.29, 1.82) is 0 Å². The van der Waals surface area contributed by atoms with Gasteiger partial charge in [0.1, 0.15) is 0 Å². The predicted octanol–water partition coefficient (Wildman–Crippen LogP) is 1.86. The van der Waals surface area contributed by atoms with Crippen LogP contribution in [-0.4, -0.2) is 17.8 Å². The molecule has 1 aromatic carbocycles. The number of carbonyl (C=O) groups excluding carboxylic acids is 3. The fourth-order valence-electron chi connectivity index (χ4n) is 1.66. The van der Waals surface area contributed by atoms with Gasteiger partial charge < -0.3 is 0 Å². The van der Waals surface area contributed by atoms with Gasteiger partial charge in [-0.05, 0) is 23.1 Å². The average Bonchev–Trinajstić information content (AvgIpc) is 3.05. The molecule has 0 aliphatic heterocycles. The van der Waals surface area contributed by atoms with Gasteiger partial charge in [0.25, 0.3) is 5.91 Å². The van der Waals surface area contributed by atoms with E-state index in [2.05, 4.69) is 16.2 Å². The Morgan fingerprint density at radius 1 is 1.00 bits per heavy atom. The van der Waals surface area contributed by atoms with Crippen molar-refractivity contribution >= 4 is 35.3 Å². The first-order valence-corrected chi connectivity index (χ1v) is 7.67. The van der Waals surface area contributed by atoms with Crippen molar-refractivity contribution in [3.63, 3.8) is 0 Å². The van der Waals surface area contributed by atoms with E-state index in [4.69, 9.17) is 0 Å². The van der Waals surface area contributed by atoms with E-state index in [9.17, 15) is 14.4 Å². The molecule has 23 heavy (non-hydrogen) atoms. The summed E-state index contributed by atoms with van der Waals surface area (Å²) in [7, 11) is 0. The number of hydrogen-bond donors (Lipinski definition) is 3. The highest BCUT2D eigenvalue weighted by Gasteiger charge is 2.07. The standard InChI is InChI=1S/C16H15N3O3S/c20-14(9-8-12-5-2-1-3-6-12)17-16(22)19-18-15(21)11-13-7-4-10-23-13/h1-10H,11H2,(H,18,21)(H2,17,19,20,22)/b9-8+. The summed E-state index contributed by atoms with van der Waals surface area (Å²) in [6.07, 6.45) is 2.99. The van der Waals surface area contributed by atoms with Crippen molar-refractivity contribution in [2.45, 2.75) is 6.42 Å². The smallest absolute Gasteiger partial charge is 0.273 e. The molecular weight excluding hydrogens is 314 g/mol. The lowest BCUT2D eigenvalue weighted by molar-refractivity contribution is -0.121. The number of carbonyl (C=O) groups is 3. The van der Waals surface area contributed by atoms with E-state index < -0.39 is 11.9 Å². The van der Waals surface area contributed by atoms with Gasteiger partial charge in [-0.2, -0.15) is 0 Å². The summed E-state index contributed by atoms with van der Waals surface area (Å²) in [5.74, 6) is -0.950. The van der Waals surface area contributed by atoms with E-state index >= 15 is 0 Å². The van der Waals surface area contributed by atoms with Crippen LogP contribution < -0.4 is 16.2 Å². The zero-order chi connectivity index (χ0) is 16.5. The highest BCUT2D eigenvalue weighted by atomic mass is 32.1. The van der Waals surface area contributed by atoms with Crippen LogP contribution in [0.3, 0.4) is 0 Å². The van der Waals surface area contributed by atoms with E-state index in [0.29, 0.717) is 0 Å². The van der Waals surface area contributed by atoms with Crippen molar-refractivity contribution < 1.29 is 14.4 Å². The Labute approximate surface area is 137 Å². The lowest BCUT2D eigenvalue weighted by atomic mass is 10.2. The van der Waals surface area contributed by atoms with Crippen LogP contribution in [0.25, 0.3) is 6.08 Å². The molecule has 4 amide bonds. The molecule has 0 fully saturated rings. The largest absolute Gasteiger partial charge is 0.340 e.